The second-order valence-electron chi connectivity index (χ2n) is 5.86. The number of anilines is 3. The number of hydrogen-bond acceptors (Lipinski definition) is 4. The Morgan fingerprint density at radius 2 is 1.39 bits per heavy atom. The van der Waals surface area contributed by atoms with Gasteiger partial charge in [0.05, 0.1) is 14.2 Å². The van der Waals surface area contributed by atoms with Gasteiger partial charge < -0.3 is 20.1 Å². The highest BCUT2D eigenvalue weighted by molar-refractivity contribution is 6.04. The topological polar surface area (TPSA) is 59.6 Å². The Morgan fingerprint density at radius 3 is 2.04 bits per heavy atom. The maximum atomic E-state index is 13.3. The van der Waals surface area contributed by atoms with Crippen LogP contribution in [0.25, 0.3) is 0 Å². The van der Waals surface area contributed by atoms with Gasteiger partial charge in [-0.2, -0.15) is 0 Å². The maximum absolute atomic E-state index is 13.3. The van der Waals surface area contributed by atoms with Crippen molar-refractivity contribution < 1.29 is 23.0 Å². The monoisotopic (exact) mass is 384 g/mol. The lowest BCUT2D eigenvalue weighted by atomic mass is 10.2. The molecule has 7 heteroatoms. The molecule has 28 heavy (non-hydrogen) atoms. The Hall–Kier alpha value is -3.61. The van der Waals surface area contributed by atoms with Gasteiger partial charge in [0.2, 0.25) is 0 Å². The minimum absolute atomic E-state index is 0.0337. The molecule has 0 atom stereocenters. The molecule has 0 bridgehead atoms. The summed E-state index contributed by atoms with van der Waals surface area (Å²) in [6, 6.07) is 15.4. The molecule has 0 saturated carbocycles. The van der Waals surface area contributed by atoms with E-state index in [-0.39, 0.29) is 5.56 Å². The lowest BCUT2D eigenvalue weighted by Crippen LogP contribution is -2.12. The first-order valence-corrected chi connectivity index (χ1v) is 8.35. The molecule has 3 aromatic rings. The number of nitrogens with one attached hydrogen (secondary N) is 2. The van der Waals surface area contributed by atoms with Crippen LogP contribution >= 0.6 is 0 Å². The fourth-order valence-corrected chi connectivity index (χ4v) is 2.56. The quantitative estimate of drug-likeness (QED) is 0.629. The molecule has 0 spiro atoms. The first kappa shape index (κ1) is 19.2. The number of carbonyl (C=O) groups is 1. The Labute approximate surface area is 160 Å². The van der Waals surface area contributed by atoms with Gasteiger partial charge in [0.15, 0.2) is 23.1 Å². The number of methoxy groups -OCH3 is 2. The Kier molecular flexibility index (Phi) is 5.74. The third kappa shape index (κ3) is 4.37. The van der Waals surface area contributed by atoms with E-state index in [0.29, 0.717) is 17.2 Å². The molecule has 0 heterocycles. The fourth-order valence-electron chi connectivity index (χ4n) is 2.56. The van der Waals surface area contributed by atoms with Crippen molar-refractivity contribution in [3.63, 3.8) is 0 Å². The van der Waals surface area contributed by atoms with Crippen molar-refractivity contribution in [1.82, 2.24) is 0 Å². The summed E-state index contributed by atoms with van der Waals surface area (Å²) in [5.41, 5.74) is 2.15. The van der Waals surface area contributed by atoms with Gasteiger partial charge >= 0.3 is 0 Å². The third-order valence-corrected chi connectivity index (χ3v) is 4.00. The minimum atomic E-state index is -1.07. The Balaban J connectivity index is 1.68. The lowest BCUT2D eigenvalue weighted by Gasteiger charge is -2.12. The standard InChI is InChI=1S/C21H18F2N2O3/c1-27-19-10-8-16(12-20(19)28-2)24-14-4-6-15(7-5-14)25-21(26)13-3-9-17(22)18(23)11-13/h3-12,24H,1-2H3,(H,25,26). The highest BCUT2D eigenvalue weighted by Gasteiger charge is 2.10. The lowest BCUT2D eigenvalue weighted by molar-refractivity contribution is 0.102. The van der Waals surface area contributed by atoms with Crippen LogP contribution in [0.5, 0.6) is 11.5 Å². The molecule has 5 nitrogen and oxygen atoms in total. The predicted octanol–water partition coefficient (Wildman–Crippen LogP) is 4.98. The van der Waals surface area contributed by atoms with Crippen LogP contribution in [-0.2, 0) is 0 Å². The van der Waals surface area contributed by atoms with Gasteiger partial charge in [0, 0.05) is 28.7 Å². The minimum Gasteiger partial charge on any atom is -0.493 e. The highest BCUT2D eigenvalue weighted by atomic mass is 19.2. The largest absolute Gasteiger partial charge is 0.493 e. The molecule has 0 aliphatic carbocycles. The molecule has 0 fully saturated rings. The molecule has 0 saturated heterocycles. The number of halogens is 2. The van der Waals surface area contributed by atoms with E-state index in [0.717, 1.165) is 23.5 Å². The normalized spacial score (nSPS) is 10.3. The Morgan fingerprint density at radius 1 is 0.750 bits per heavy atom. The summed E-state index contributed by atoms with van der Waals surface area (Å²) in [7, 11) is 3.13. The molecule has 0 aromatic heterocycles. The van der Waals surface area contributed by atoms with Crippen LogP contribution in [0.4, 0.5) is 25.8 Å². The summed E-state index contributed by atoms with van der Waals surface area (Å²) >= 11 is 0. The van der Waals surface area contributed by atoms with Gasteiger partial charge in [-0.25, -0.2) is 8.78 Å². The number of ether oxygens (including phenoxy) is 2. The second kappa shape index (κ2) is 8.39. The summed E-state index contributed by atoms with van der Waals surface area (Å²) in [6.07, 6.45) is 0. The van der Waals surface area contributed by atoms with Crippen LogP contribution < -0.4 is 20.1 Å². The highest BCUT2D eigenvalue weighted by Crippen LogP contribution is 2.31. The van der Waals surface area contributed by atoms with Gasteiger partial charge in [-0.15, -0.1) is 0 Å². The van der Waals surface area contributed by atoms with Gasteiger partial charge in [-0.1, -0.05) is 0 Å². The van der Waals surface area contributed by atoms with Crippen LogP contribution in [0.1, 0.15) is 10.4 Å². The molecule has 2 N–H and O–H groups in total. The summed E-state index contributed by atoms with van der Waals surface area (Å²) < 4.78 is 36.7. The first-order chi connectivity index (χ1) is 13.5. The molecule has 1 amide bonds. The smallest absolute Gasteiger partial charge is 0.255 e. The molecular formula is C21H18F2N2O3. The third-order valence-electron chi connectivity index (χ3n) is 4.00. The average molecular weight is 384 g/mol. The summed E-state index contributed by atoms with van der Waals surface area (Å²) in [6.45, 7) is 0. The van der Waals surface area contributed by atoms with Crippen molar-refractivity contribution in [1.29, 1.82) is 0 Å². The first-order valence-electron chi connectivity index (χ1n) is 8.35. The fraction of sp³-hybridized carbons (Fsp3) is 0.0952. The molecule has 3 aromatic carbocycles. The second-order valence-corrected chi connectivity index (χ2v) is 5.86. The van der Waals surface area contributed by atoms with E-state index in [1.807, 2.05) is 6.07 Å². The maximum Gasteiger partial charge on any atom is 0.255 e. The molecule has 0 aliphatic rings. The van der Waals surface area contributed by atoms with Crippen molar-refractivity contribution in [3.8, 4) is 11.5 Å². The van der Waals surface area contributed by atoms with Crippen LogP contribution in [0.2, 0.25) is 0 Å². The number of benzene rings is 3. The number of amides is 1. The zero-order chi connectivity index (χ0) is 20.1. The SMILES string of the molecule is COc1ccc(Nc2ccc(NC(=O)c3ccc(F)c(F)c3)cc2)cc1OC. The predicted molar refractivity (Wildman–Crippen MR) is 104 cm³/mol. The number of hydrogen-bond donors (Lipinski definition) is 2. The van der Waals surface area contributed by atoms with Gasteiger partial charge in [0.25, 0.3) is 5.91 Å². The molecule has 3 rings (SSSR count). The van der Waals surface area contributed by atoms with Gasteiger partial charge in [0.1, 0.15) is 0 Å². The summed E-state index contributed by atoms with van der Waals surface area (Å²) in [4.78, 5) is 12.1. The molecular weight excluding hydrogens is 366 g/mol. The van der Waals surface area contributed by atoms with E-state index in [2.05, 4.69) is 10.6 Å². The van der Waals surface area contributed by atoms with E-state index >= 15 is 0 Å². The van der Waals surface area contributed by atoms with Crippen molar-refractivity contribution in [2.45, 2.75) is 0 Å². The molecule has 0 radical (unpaired) electrons. The van der Waals surface area contributed by atoms with Crippen LogP contribution in [0, 0.1) is 11.6 Å². The molecule has 0 aliphatic heterocycles. The van der Waals surface area contributed by atoms with Gasteiger partial charge in [-0.05, 0) is 54.6 Å². The molecule has 144 valence electrons. The molecule has 0 unspecified atom stereocenters. The van der Waals surface area contributed by atoms with E-state index in [1.54, 1.807) is 50.6 Å². The van der Waals surface area contributed by atoms with Crippen molar-refractivity contribution in [2.75, 3.05) is 24.9 Å². The van der Waals surface area contributed by atoms with Crippen molar-refractivity contribution in [3.05, 3.63) is 77.9 Å². The number of carbonyl (C=O) groups excluding carboxylic acids is 1. The summed E-state index contributed by atoms with van der Waals surface area (Å²) in [5, 5.41) is 5.85. The van der Waals surface area contributed by atoms with E-state index in [9.17, 15) is 13.6 Å². The van der Waals surface area contributed by atoms with Crippen molar-refractivity contribution >= 4 is 23.0 Å². The zero-order valence-electron chi connectivity index (χ0n) is 15.3. The summed E-state index contributed by atoms with van der Waals surface area (Å²) in [5.74, 6) is -1.37. The zero-order valence-corrected chi connectivity index (χ0v) is 15.3. The van der Waals surface area contributed by atoms with E-state index in [4.69, 9.17) is 9.47 Å². The van der Waals surface area contributed by atoms with Crippen molar-refractivity contribution in [2.24, 2.45) is 0 Å². The van der Waals surface area contributed by atoms with E-state index < -0.39 is 17.5 Å². The van der Waals surface area contributed by atoms with E-state index in [1.165, 1.54) is 6.07 Å². The Bertz CT molecular complexity index is 991. The average Bonchev–Trinajstić information content (AvgIpc) is 2.71. The van der Waals surface area contributed by atoms with Crippen LogP contribution in [0.15, 0.2) is 60.7 Å². The van der Waals surface area contributed by atoms with Crippen LogP contribution in [0.3, 0.4) is 0 Å². The number of rotatable bonds is 6. The van der Waals surface area contributed by atoms with Gasteiger partial charge in [-0.3, -0.25) is 4.79 Å². The van der Waals surface area contributed by atoms with Crippen LogP contribution in [-0.4, -0.2) is 20.1 Å².